The predicted octanol–water partition coefficient (Wildman–Crippen LogP) is 3.38. The summed E-state index contributed by atoms with van der Waals surface area (Å²) >= 11 is 4.31. The highest BCUT2D eigenvalue weighted by Gasteiger charge is 2.06. The first-order valence-corrected chi connectivity index (χ1v) is 4.92. The normalized spacial score (nSPS) is 10.6. The molecular formula is C11H16OS. The second-order valence-corrected chi connectivity index (χ2v) is 4.09. The Hall–Kier alpha value is -0.630. The molecule has 0 aromatic heterocycles. The molecule has 72 valence electrons. The summed E-state index contributed by atoms with van der Waals surface area (Å²) < 4.78 is 5.70. The summed E-state index contributed by atoms with van der Waals surface area (Å²) in [4.78, 5) is 0.992. The molecule has 0 heterocycles. The first-order chi connectivity index (χ1) is 6.00. The molecule has 0 amide bonds. The largest absolute Gasteiger partial charge is 0.490 e. The van der Waals surface area contributed by atoms with Gasteiger partial charge in [-0.2, -0.15) is 0 Å². The summed E-state index contributed by atoms with van der Waals surface area (Å²) in [5, 5.41) is 0. The summed E-state index contributed by atoms with van der Waals surface area (Å²) in [6.07, 6.45) is 0.225. The monoisotopic (exact) mass is 196 g/mol. The van der Waals surface area contributed by atoms with Gasteiger partial charge < -0.3 is 4.74 Å². The summed E-state index contributed by atoms with van der Waals surface area (Å²) in [5.74, 6) is 0.993. The lowest BCUT2D eigenvalue weighted by Gasteiger charge is -2.15. The van der Waals surface area contributed by atoms with Crippen molar-refractivity contribution in [1.82, 2.24) is 0 Å². The van der Waals surface area contributed by atoms with Crippen LogP contribution in [0.5, 0.6) is 5.75 Å². The van der Waals surface area contributed by atoms with Crippen molar-refractivity contribution >= 4 is 12.6 Å². The third kappa shape index (κ3) is 2.66. The molecule has 0 fully saturated rings. The van der Waals surface area contributed by atoms with Gasteiger partial charge in [0.15, 0.2) is 0 Å². The highest BCUT2D eigenvalue weighted by Crippen LogP contribution is 2.26. The van der Waals surface area contributed by atoms with E-state index >= 15 is 0 Å². The van der Waals surface area contributed by atoms with E-state index in [2.05, 4.69) is 12.6 Å². The van der Waals surface area contributed by atoms with Crippen LogP contribution in [0.3, 0.4) is 0 Å². The van der Waals surface area contributed by atoms with Gasteiger partial charge in [0.1, 0.15) is 5.75 Å². The molecule has 0 unspecified atom stereocenters. The van der Waals surface area contributed by atoms with E-state index in [1.54, 1.807) is 0 Å². The van der Waals surface area contributed by atoms with Crippen LogP contribution in [0.4, 0.5) is 0 Å². The van der Waals surface area contributed by atoms with Crippen molar-refractivity contribution in [2.45, 2.75) is 38.7 Å². The number of hydrogen-bond acceptors (Lipinski definition) is 2. The number of aryl methyl sites for hydroxylation is 2. The zero-order valence-electron chi connectivity index (χ0n) is 8.59. The maximum atomic E-state index is 5.70. The van der Waals surface area contributed by atoms with Crippen LogP contribution < -0.4 is 4.74 Å². The lowest BCUT2D eigenvalue weighted by atomic mass is 10.1. The van der Waals surface area contributed by atoms with Crippen molar-refractivity contribution in [2.75, 3.05) is 0 Å². The molecule has 1 aromatic carbocycles. The predicted molar refractivity (Wildman–Crippen MR) is 58.9 cm³/mol. The molecule has 1 rings (SSSR count). The maximum Gasteiger partial charge on any atom is 0.125 e. The Morgan fingerprint density at radius 1 is 1.15 bits per heavy atom. The Kier molecular flexibility index (Phi) is 3.26. The molecule has 0 radical (unpaired) electrons. The van der Waals surface area contributed by atoms with E-state index < -0.39 is 0 Å². The van der Waals surface area contributed by atoms with Gasteiger partial charge in [-0.1, -0.05) is 0 Å². The maximum absolute atomic E-state index is 5.70. The van der Waals surface area contributed by atoms with Crippen LogP contribution in [0.1, 0.15) is 25.0 Å². The summed E-state index contributed by atoms with van der Waals surface area (Å²) in [6, 6.07) is 4.04. The minimum absolute atomic E-state index is 0.225. The zero-order valence-corrected chi connectivity index (χ0v) is 9.48. The Bertz CT molecular complexity index is 282. The molecular weight excluding hydrogens is 180 g/mol. The minimum Gasteiger partial charge on any atom is -0.490 e. The molecule has 1 aromatic rings. The Morgan fingerprint density at radius 2 is 1.62 bits per heavy atom. The SMILES string of the molecule is Cc1cc(S)cc(C)c1OC(C)C. The van der Waals surface area contributed by atoms with Crippen LogP contribution in [-0.2, 0) is 0 Å². The van der Waals surface area contributed by atoms with E-state index in [-0.39, 0.29) is 6.10 Å². The zero-order chi connectivity index (χ0) is 10.0. The van der Waals surface area contributed by atoms with Gasteiger partial charge in [-0.25, -0.2) is 0 Å². The smallest absolute Gasteiger partial charge is 0.125 e. The quantitative estimate of drug-likeness (QED) is 0.713. The highest BCUT2D eigenvalue weighted by atomic mass is 32.1. The number of ether oxygens (including phenoxy) is 1. The second-order valence-electron chi connectivity index (χ2n) is 3.58. The molecule has 0 N–H and O–H groups in total. The number of hydrogen-bond donors (Lipinski definition) is 1. The van der Waals surface area contributed by atoms with Gasteiger partial charge >= 0.3 is 0 Å². The van der Waals surface area contributed by atoms with Crippen LogP contribution in [0.15, 0.2) is 17.0 Å². The first-order valence-electron chi connectivity index (χ1n) is 4.47. The molecule has 0 spiro atoms. The molecule has 13 heavy (non-hydrogen) atoms. The number of benzene rings is 1. The van der Waals surface area contributed by atoms with Crippen molar-refractivity contribution in [3.8, 4) is 5.75 Å². The molecule has 0 aliphatic heterocycles. The minimum atomic E-state index is 0.225. The van der Waals surface area contributed by atoms with E-state index in [9.17, 15) is 0 Å². The second kappa shape index (κ2) is 4.05. The molecule has 0 saturated heterocycles. The van der Waals surface area contributed by atoms with Crippen LogP contribution in [-0.4, -0.2) is 6.10 Å². The van der Waals surface area contributed by atoms with Crippen LogP contribution in [0, 0.1) is 13.8 Å². The molecule has 0 aliphatic carbocycles. The van der Waals surface area contributed by atoms with Gasteiger partial charge in [0.25, 0.3) is 0 Å². The highest BCUT2D eigenvalue weighted by molar-refractivity contribution is 7.80. The van der Waals surface area contributed by atoms with E-state index in [1.165, 1.54) is 0 Å². The van der Waals surface area contributed by atoms with Crippen molar-refractivity contribution in [1.29, 1.82) is 0 Å². The molecule has 0 atom stereocenters. The van der Waals surface area contributed by atoms with Crippen molar-refractivity contribution in [3.05, 3.63) is 23.3 Å². The Morgan fingerprint density at radius 3 is 2.00 bits per heavy atom. The number of rotatable bonds is 2. The van der Waals surface area contributed by atoms with Crippen LogP contribution in [0.2, 0.25) is 0 Å². The fraction of sp³-hybridized carbons (Fsp3) is 0.455. The standard InChI is InChI=1S/C11H16OS/c1-7(2)12-11-8(3)5-10(13)6-9(11)4/h5-7,13H,1-4H3. The average Bonchev–Trinajstić information content (AvgIpc) is 1.96. The third-order valence-electron chi connectivity index (χ3n) is 1.80. The van der Waals surface area contributed by atoms with Crippen LogP contribution in [0.25, 0.3) is 0 Å². The first kappa shape index (κ1) is 10.5. The third-order valence-corrected chi connectivity index (χ3v) is 2.06. The fourth-order valence-electron chi connectivity index (χ4n) is 1.35. The average molecular weight is 196 g/mol. The summed E-state index contributed by atoms with van der Waals surface area (Å²) in [6.45, 7) is 8.16. The summed E-state index contributed by atoms with van der Waals surface area (Å²) in [5.41, 5.74) is 2.30. The summed E-state index contributed by atoms with van der Waals surface area (Å²) in [7, 11) is 0. The van der Waals surface area contributed by atoms with Gasteiger partial charge in [0, 0.05) is 4.90 Å². The van der Waals surface area contributed by atoms with Crippen molar-refractivity contribution < 1.29 is 4.74 Å². The fourth-order valence-corrected chi connectivity index (χ4v) is 1.74. The topological polar surface area (TPSA) is 9.23 Å². The Labute approximate surface area is 85.5 Å². The number of thiol groups is 1. The molecule has 2 heteroatoms. The Balaban J connectivity index is 3.06. The molecule has 0 aliphatic rings. The van der Waals surface area contributed by atoms with Crippen LogP contribution >= 0.6 is 12.6 Å². The molecule has 0 saturated carbocycles. The molecule has 0 bridgehead atoms. The van der Waals surface area contributed by atoms with E-state index in [1.807, 2.05) is 39.8 Å². The van der Waals surface area contributed by atoms with Crippen molar-refractivity contribution in [3.63, 3.8) is 0 Å². The van der Waals surface area contributed by atoms with Gasteiger partial charge in [0.2, 0.25) is 0 Å². The van der Waals surface area contributed by atoms with Gasteiger partial charge in [-0.05, 0) is 51.0 Å². The van der Waals surface area contributed by atoms with Gasteiger partial charge in [-0.15, -0.1) is 12.6 Å². The van der Waals surface area contributed by atoms with Gasteiger partial charge in [-0.3, -0.25) is 0 Å². The van der Waals surface area contributed by atoms with Gasteiger partial charge in [0.05, 0.1) is 6.10 Å². The van der Waals surface area contributed by atoms with E-state index in [4.69, 9.17) is 4.74 Å². The van der Waals surface area contributed by atoms with Crippen molar-refractivity contribution in [2.24, 2.45) is 0 Å². The van der Waals surface area contributed by atoms with E-state index in [0.29, 0.717) is 0 Å². The lowest BCUT2D eigenvalue weighted by Crippen LogP contribution is -2.07. The molecule has 1 nitrogen and oxygen atoms in total. The van der Waals surface area contributed by atoms with E-state index in [0.717, 1.165) is 21.8 Å². The lowest BCUT2D eigenvalue weighted by molar-refractivity contribution is 0.239.